The minimum Gasteiger partial charge on any atom is -0.369 e. The average molecular weight is 300 g/mol. The van der Waals surface area contributed by atoms with Crippen LogP contribution in [0.25, 0.3) is 16.9 Å². The molecule has 23 heavy (non-hydrogen) atoms. The van der Waals surface area contributed by atoms with Gasteiger partial charge in [0.05, 0.1) is 16.9 Å². The molecule has 0 saturated carbocycles. The quantitative estimate of drug-likeness (QED) is 0.785. The first-order valence-electron chi connectivity index (χ1n) is 7.71. The molecule has 4 rings (SSSR count). The molecule has 4 heteroatoms. The lowest BCUT2D eigenvalue weighted by Gasteiger charge is -2.08. The lowest BCUT2D eigenvalue weighted by Crippen LogP contribution is -2.05. The van der Waals surface area contributed by atoms with Gasteiger partial charge in [0, 0.05) is 17.7 Å². The molecule has 1 aromatic heterocycles. The number of hydrogen-bond donors (Lipinski definition) is 1. The van der Waals surface area contributed by atoms with Gasteiger partial charge in [0.15, 0.2) is 0 Å². The molecule has 0 atom stereocenters. The second-order valence-electron chi connectivity index (χ2n) is 5.71. The summed E-state index contributed by atoms with van der Waals surface area (Å²) in [5.41, 5.74) is 6.05. The number of hydrogen-bond acceptors (Lipinski definition) is 3. The zero-order valence-corrected chi connectivity index (χ0v) is 12.9. The summed E-state index contributed by atoms with van der Waals surface area (Å²) in [7, 11) is 0. The number of nitriles is 1. The molecule has 3 aromatic rings. The molecule has 1 N–H and O–H groups in total. The topological polar surface area (TPSA) is 53.6 Å². The maximum Gasteiger partial charge on any atom is 0.133 e. The van der Waals surface area contributed by atoms with Gasteiger partial charge in [-0.15, -0.1) is 0 Å². The summed E-state index contributed by atoms with van der Waals surface area (Å²) >= 11 is 0. The number of para-hydroxylation sites is 1. The minimum absolute atomic E-state index is 0.628. The van der Waals surface area contributed by atoms with E-state index in [1.165, 1.54) is 11.1 Å². The lowest BCUT2D eigenvalue weighted by molar-refractivity contribution is 0.879. The van der Waals surface area contributed by atoms with Gasteiger partial charge in [0.25, 0.3) is 0 Å². The Morgan fingerprint density at radius 1 is 1.13 bits per heavy atom. The van der Waals surface area contributed by atoms with E-state index in [4.69, 9.17) is 5.10 Å². The summed E-state index contributed by atoms with van der Waals surface area (Å²) in [6, 6.07) is 18.1. The van der Waals surface area contributed by atoms with E-state index in [1.807, 2.05) is 41.1 Å². The monoisotopic (exact) mass is 300 g/mol. The Balaban J connectivity index is 1.96. The van der Waals surface area contributed by atoms with Crippen molar-refractivity contribution in [3.8, 4) is 23.0 Å². The molecule has 0 aliphatic carbocycles. The van der Waals surface area contributed by atoms with Gasteiger partial charge in [-0.1, -0.05) is 36.4 Å². The van der Waals surface area contributed by atoms with Gasteiger partial charge in [0.2, 0.25) is 0 Å². The summed E-state index contributed by atoms with van der Waals surface area (Å²) in [6.45, 7) is 3.01. The molecule has 2 heterocycles. The number of fused-ring (bicyclic) bond motifs is 1. The van der Waals surface area contributed by atoms with Gasteiger partial charge in [-0.3, -0.25) is 0 Å². The highest BCUT2D eigenvalue weighted by atomic mass is 15.3. The van der Waals surface area contributed by atoms with Gasteiger partial charge in [-0.2, -0.15) is 10.4 Å². The van der Waals surface area contributed by atoms with Crippen molar-refractivity contribution in [2.75, 3.05) is 11.9 Å². The van der Waals surface area contributed by atoms with E-state index < -0.39 is 0 Å². The number of nitrogens with one attached hydrogen (secondary N) is 1. The first kappa shape index (κ1) is 13.6. The van der Waals surface area contributed by atoms with Gasteiger partial charge >= 0.3 is 0 Å². The van der Waals surface area contributed by atoms with Crippen LogP contribution in [0.5, 0.6) is 0 Å². The molecule has 0 radical (unpaired) electrons. The van der Waals surface area contributed by atoms with Crippen LogP contribution in [0.2, 0.25) is 0 Å². The van der Waals surface area contributed by atoms with Crippen LogP contribution in [-0.2, 0) is 6.42 Å². The Bertz CT molecular complexity index is 931. The van der Waals surface area contributed by atoms with Crippen molar-refractivity contribution in [3.05, 3.63) is 65.2 Å². The molecular weight excluding hydrogens is 284 g/mol. The third kappa shape index (κ3) is 2.09. The van der Waals surface area contributed by atoms with Crippen LogP contribution in [0.3, 0.4) is 0 Å². The fourth-order valence-electron chi connectivity index (χ4n) is 3.16. The summed E-state index contributed by atoms with van der Waals surface area (Å²) in [5, 5.41) is 17.6. The standard InChI is InChI=1S/C19H16N4/c1-13-6-2-4-8-15(13)18-16-10-11-21-19(16)23(22-18)17-9-5-3-7-14(17)12-20/h2-9,21H,10-11H2,1H3. The van der Waals surface area contributed by atoms with Crippen LogP contribution in [-0.4, -0.2) is 16.3 Å². The number of benzene rings is 2. The maximum atomic E-state index is 9.38. The van der Waals surface area contributed by atoms with Crippen LogP contribution >= 0.6 is 0 Å². The minimum atomic E-state index is 0.628. The van der Waals surface area contributed by atoms with E-state index in [0.717, 1.165) is 35.7 Å². The SMILES string of the molecule is Cc1ccccc1-c1nn(-c2ccccc2C#N)c2c1CCN2. The van der Waals surface area contributed by atoms with Crippen molar-refractivity contribution in [1.82, 2.24) is 9.78 Å². The molecule has 2 aromatic carbocycles. The molecule has 0 unspecified atom stereocenters. The molecule has 0 spiro atoms. The normalized spacial score (nSPS) is 12.5. The fourth-order valence-corrected chi connectivity index (χ4v) is 3.16. The van der Waals surface area contributed by atoms with Gasteiger partial charge < -0.3 is 5.32 Å². The van der Waals surface area contributed by atoms with Crippen molar-refractivity contribution in [3.63, 3.8) is 0 Å². The van der Waals surface area contributed by atoms with Crippen LogP contribution in [0.1, 0.15) is 16.7 Å². The van der Waals surface area contributed by atoms with Crippen molar-refractivity contribution >= 4 is 5.82 Å². The van der Waals surface area contributed by atoms with Gasteiger partial charge in [-0.05, 0) is 31.0 Å². The molecule has 0 fully saturated rings. The van der Waals surface area contributed by atoms with E-state index in [1.54, 1.807) is 0 Å². The summed E-state index contributed by atoms with van der Waals surface area (Å²) in [5.74, 6) is 1.01. The van der Waals surface area contributed by atoms with E-state index in [-0.39, 0.29) is 0 Å². The summed E-state index contributed by atoms with van der Waals surface area (Å²) in [6.07, 6.45) is 0.952. The molecule has 0 amide bonds. The van der Waals surface area contributed by atoms with Crippen molar-refractivity contribution in [1.29, 1.82) is 5.26 Å². The number of anilines is 1. The summed E-state index contributed by atoms with van der Waals surface area (Å²) in [4.78, 5) is 0. The number of nitrogens with zero attached hydrogens (tertiary/aromatic N) is 3. The second kappa shape index (κ2) is 5.29. The Kier molecular flexibility index (Phi) is 3.13. The number of rotatable bonds is 2. The molecule has 1 aliphatic rings. The third-order valence-electron chi connectivity index (χ3n) is 4.30. The Labute approximate surface area is 135 Å². The van der Waals surface area contributed by atoms with Gasteiger partial charge in [-0.25, -0.2) is 4.68 Å². The molecular formula is C19H16N4. The highest BCUT2D eigenvalue weighted by Gasteiger charge is 2.25. The second-order valence-corrected chi connectivity index (χ2v) is 5.71. The van der Waals surface area contributed by atoms with Crippen molar-refractivity contribution in [2.24, 2.45) is 0 Å². The zero-order valence-electron chi connectivity index (χ0n) is 12.9. The Hall–Kier alpha value is -3.06. The third-order valence-corrected chi connectivity index (χ3v) is 4.30. The number of aryl methyl sites for hydroxylation is 1. The molecule has 112 valence electrons. The molecule has 0 bridgehead atoms. The van der Waals surface area contributed by atoms with Crippen LogP contribution in [0, 0.1) is 18.3 Å². The maximum absolute atomic E-state index is 9.38. The van der Waals surface area contributed by atoms with E-state index >= 15 is 0 Å². The van der Waals surface area contributed by atoms with Crippen LogP contribution in [0.15, 0.2) is 48.5 Å². The smallest absolute Gasteiger partial charge is 0.133 e. The lowest BCUT2D eigenvalue weighted by atomic mass is 10.0. The first-order chi connectivity index (χ1) is 11.3. The molecule has 1 aliphatic heterocycles. The fraction of sp³-hybridized carbons (Fsp3) is 0.158. The van der Waals surface area contributed by atoms with Crippen molar-refractivity contribution in [2.45, 2.75) is 13.3 Å². The van der Waals surface area contributed by atoms with E-state index in [2.05, 4.69) is 30.4 Å². The first-order valence-corrected chi connectivity index (χ1v) is 7.71. The summed E-state index contributed by atoms with van der Waals surface area (Å²) < 4.78 is 1.88. The highest BCUT2D eigenvalue weighted by molar-refractivity contribution is 5.75. The Morgan fingerprint density at radius 2 is 1.91 bits per heavy atom. The largest absolute Gasteiger partial charge is 0.369 e. The average Bonchev–Trinajstić information content (AvgIpc) is 3.18. The molecule has 0 saturated heterocycles. The zero-order chi connectivity index (χ0) is 15.8. The van der Waals surface area contributed by atoms with Crippen LogP contribution < -0.4 is 5.32 Å². The molecule has 4 nitrogen and oxygen atoms in total. The van der Waals surface area contributed by atoms with E-state index in [9.17, 15) is 5.26 Å². The Morgan fingerprint density at radius 3 is 2.74 bits per heavy atom. The van der Waals surface area contributed by atoms with Gasteiger partial charge in [0.1, 0.15) is 11.9 Å². The highest BCUT2D eigenvalue weighted by Crippen LogP contribution is 2.36. The van der Waals surface area contributed by atoms with Crippen LogP contribution in [0.4, 0.5) is 5.82 Å². The predicted molar refractivity (Wildman–Crippen MR) is 90.6 cm³/mol. The predicted octanol–water partition coefficient (Wildman–Crippen LogP) is 3.69. The van der Waals surface area contributed by atoms with E-state index in [0.29, 0.717) is 5.56 Å². The number of aromatic nitrogens is 2. The van der Waals surface area contributed by atoms with Crippen molar-refractivity contribution < 1.29 is 0 Å².